The maximum atomic E-state index is 5.92. The normalized spacial score (nSPS) is 13.4. The lowest BCUT2D eigenvalue weighted by atomic mass is 10.1. The number of anilines is 2. The van der Waals surface area contributed by atoms with E-state index in [1.54, 1.807) is 0 Å². The summed E-state index contributed by atoms with van der Waals surface area (Å²) in [6, 6.07) is 6.11. The molecule has 0 aliphatic carbocycles. The first-order valence-corrected chi connectivity index (χ1v) is 6.54. The van der Waals surface area contributed by atoms with Crippen molar-refractivity contribution in [1.82, 2.24) is 9.97 Å². The third-order valence-electron chi connectivity index (χ3n) is 2.73. The molecule has 1 aromatic carbocycles. The largest absolute Gasteiger partial charge is 0.372 e. The Morgan fingerprint density at radius 1 is 1.22 bits per heavy atom. The Morgan fingerprint density at radius 2 is 2.06 bits per heavy atom. The van der Waals surface area contributed by atoms with E-state index >= 15 is 0 Å². The summed E-state index contributed by atoms with van der Waals surface area (Å²) in [5.41, 5.74) is 3.39. The van der Waals surface area contributed by atoms with E-state index in [1.165, 1.54) is 17.5 Å². The van der Waals surface area contributed by atoms with Crippen LogP contribution in [0.4, 0.5) is 11.5 Å². The van der Waals surface area contributed by atoms with Gasteiger partial charge in [0.05, 0.1) is 17.7 Å². The number of ether oxygens (including phenoxy) is 1. The lowest BCUT2D eigenvalue weighted by Crippen LogP contribution is -1.97. The molecule has 0 saturated carbocycles. The van der Waals surface area contributed by atoms with Gasteiger partial charge in [0.1, 0.15) is 17.3 Å². The zero-order chi connectivity index (χ0) is 12.5. The number of aromatic nitrogens is 2. The molecule has 18 heavy (non-hydrogen) atoms. The maximum absolute atomic E-state index is 5.92. The van der Waals surface area contributed by atoms with Gasteiger partial charge < -0.3 is 10.1 Å². The first kappa shape index (κ1) is 11.9. The number of benzene rings is 1. The summed E-state index contributed by atoms with van der Waals surface area (Å²) in [5.74, 6) is 0.647. The lowest BCUT2D eigenvalue weighted by Gasteiger charge is -2.09. The van der Waals surface area contributed by atoms with Crippen LogP contribution in [0.2, 0.25) is 5.15 Å². The standard InChI is InChI=1S/C12H9BrClN3O/c13-10-11(14)15-6-16-12(10)17-9-2-1-7-4-18-5-8(7)3-9/h1-3,6H,4-5H2,(H,15,16,17). The van der Waals surface area contributed by atoms with Gasteiger partial charge in [-0.15, -0.1) is 0 Å². The summed E-state index contributed by atoms with van der Waals surface area (Å²) in [4.78, 5) is 8.03. The Bertz CT molecular complexity index is 606. The molecule has 2 aromatic rings. The third-order valence-corrected chi connectivity index (χ3v) is 4.00. The van der Waals surface area contributed by atoms with E-state index in [-0.39, 0.29) is 0 Å². The number of nitrogens with zero attached hydrogens (tertiary/aromatic N) is 2. The molecule has 0 amide bonds. The van der Waals surface area contributed by atoms with Crippen LogP contribution in [0.5, 0.6) is 0 Å². The number of fused-ring (bicyclic) bond motifs is 1. The third kappa shape index (κ3) is 2.21. The number of hydrogen-bond donors (Lipinski definition) is 1. The van der Waals surface area contributed by atoms with E-state index in [2.05, 4.69) is 43.3 Å². The first-order valence-electron chi connectivity index (χ1n) is 5.36. The number of rotatable bonds is 2. The highest BCUT2D eigenvalue weighted by Gasteiger charge is 2.12. The van der Waals surface area contributed by atoms with E-state index < -0.39 is 0 Å². The van der Waals surface area contributed by atoms with E-state index in [1.807, 2.05) is 6.07 Å². The summed E-state index contributed by atoms with van der Waals surface area (Å²) >= 11 is 9.27. The number of hydrogen-bond acceptors (Lipinski definition) is 4. The molecule has 1 aliphatic heterocycles. The second-order valence-electron chi connectivity index (χ2n) is 3.93. The summed E-state index contributed by atoms with van der Waals surface area (Å²) < 4.78 is 6.04. The van der Waals surface area contributed by atoms with Crippen LogP contribution >= 0.6 is 27.5 Å². The van der Waals surface area contributed by atoms with Gasteiger partial charge in [-0.2, -0.15) is 0 Å². The summed E-state index contributed by atoms with van der Waals surface area (Å²) in [7, 11) is 0. The zero-order valence-electron chi connectivity index (χ0n) is 9.28. The minimum Gasteiger partial charge on any atom is -0.372 e. The van der Waals surface area contributed by atoms with Crippen molar-refractivity contribution < 1.29 is 4.74 Å². The van der Waals surface area contributed by atoms with E-state index in [9.17, 15) is 0 Å². The molecule has 0 fully saturated rings. The van der Waals surface area contributed by atoms with Crippen molar-refractivity contribution in [2.24, 2.45) is 0 Å². The highest BCUT2D eigenvalue weighted by atomic mass is 79.9. The van der Waals surface area contributed by atoms with Gasteiger partial charge in [-0.25, -0.2) is 9.97 Å². The Hall–Kier alpha value is -1.17. The molecule has 1 aromatic heterocycles. The van der Waals surface area contributed by atoms with Crippen molar-refractivity contribution in [3.8, 4) is 0 Å². The first-order chi connectivity index (χ1) is 8.74. The minimum atomic E-state index is 0.386. The van der Waals surface area contributed by atoms with Gasteiger partial charge in [-0.1, -0.05) is 17.7 Å². The topological polar surface area (TPSA) is 47.0 Å². The van der Waals surface area contributed by atoms with Crippen molar-refractivity contribution in [3.63, 3.8) is 0 Å². The molecule has 2 heterocycles. The molecular weight excluding hydrogens is 318 g/mol. The monoisotopic (exact) mass is 325 g/mol. The fraction of sp³-hybridized carbons (Fsp3) is 0.167. The van der Waals surface area contributed by atoms with Crippen LogP contribution < -0.4 is 5.32 Å². The summed E-state index contributed by atoms with van der Waals surface area (Å²) in [6.07, 6.45) is 1.42. The number of halogens is 2. The van der Waals surface area contributed by atoms with Crippen LogP contribution in [0.25, 0.3) is 0 Å². The Kier molecular flexibility index (Phi) is 3.20. The molecule has 0 radical (unpaired) electrons. The van der Waals surface area contributed by atoms with E-state index in [0.717, 1.165) is 5.69 Å². The van der Waals surface area contributed by atoms with Crippen LogP contribution in [0.1, 0.15) is 11.1 Å². The summed E-state index contributed by atoms with van der Waals surface area (Å²) in [6.45, 7) is 1.36. The molecule has 92 valence electrons. The van der Waals surface area contributed by atoms with Crippen molar-refractivity contribution in [3.05, 3.63) is 45.3 Å². The van der Waals surface area contributed by atoms with Gasteiger partial charge >= 0.3 is 0 Å². The predicted molar refractivity (Wildman–Crippen MR) is 73.0 cm³/mol. The molecule has 1 N–H and O–H groups in total. The molecule has 0 atom stereocenters. The van der Waals surface area contributed by atoms with Gasteiger partial charge in [-0.05, 0) is 39.2 Å². The Balaban J connectivity index is 1.90. The second-order valence-corrected chi connectivity index (χ2v) is 5.08. The van der Waals surface area contributed by atoms with Gasteiger partial charge in [0, 0.05) is 5.69 Å². The quantitative estimate of drug-likeness (QED) is 0.856. The number of nitrogens with one attached hydrogen (secondary N) is 1. The Labute approximate surface area is 117 Å². The Morgan fingerprint density at radius 3 is 2.94 bits per heavy atom. The summed E-state index contributed by atoms with van der Waals surface area (Å²) in [5, 5.41) is 3.59. The van der Waals surface area contributed by atoms with Crippen LogP contribution in [-0.4, -0.2) is 9.97 Å². The highest BCUT2D eigenvalue weighted by molar-refractivity contribution is 9.10. The maximum Gasteiger partial charge on any atom is 0.149 e. The molecule has 0 spiro atoms. The predicted octanol–water partition coefficient (Wildman–Crippen LogP) is 3.67. The molecule has 1 aliphatic rings. The van der Waals surface area contributed by atoms with Crippen molar-refractivity contribution >= 4 is 39.0 Å². The lowest BCUT2D eigenvalue weighted by molar-refractivity contribution is 0.134. The van der Waals surface area contributed by atoms with Crippen LogP contribution in [-0.2, 0) is 18.0 Å². The fourth-order valence-corrected chi connectivity index (χ4v) is 2.26. The van der Waals surface area contributed by atoms with Gasteiger partial charge in [-0.3, -0.25) is 0 Å². The molecular formula is C12H9BrClN3O. The molecule has 4 nitrogen and oxygen atoms in total. The van der Waals surface area contributed by atoms with E-state index in [0.29, 0.717) is 28.7 Å². The van der Waals surface area contributed by atoms with Crippen molar-refractivity contribution in [1.29, 1.82) is 0 Å². The highest BCUT2D eigenvalue weighted by Crippen LogP contribution is 2.30. The van der Waals surface area contributed by atoms with Gasteiger partial charge in [0.15, 0.2) is 0 Å². The fourth-order valence-electron chi connectivity index (χ4n) is 1.82. The smallest absolute Gasteiger partial charge is 0.149 e. The van der Waals surface area contributed by atoms with Crippen molar-refractivity contribution in [2.45, 2.75) is 13.2 Å². The van der Waals surface area contributed by atoms with Crippen LogP contribution in [0, 0.1) is 0 Å². The average Bonchev–Trinajstić information content (AvgIpc) is 2.82. The van der Waals surface area contributed by atoms with Gasteiger partial charge in [0.25, 0.3) is 0 Å². The molecule has 0 bridgehead atoms. The van der Waals surface area contributed by atoms with Crippen molar-refractivity contribution in [2.75, 3.05) is 5.32 Å². The molecule has 3 rings (SSSR count). The average molecular weight is 327 g/mol. The molecule has 0 saturated heterocycles. The van der Waals surface area contributed by atoms with Crippen LogP contribution in [0.3, 0.4) is 0 Å². The second kappa shape index (κ2) is 4.84. The van der Waals surface area contributed by atoms with E-state index in [4.69, 9.17) is 16.3 Å². The SMILES string of the molecule is Clc1ncnc(Nc2ccc3c(c2)COC3)c1Br. The van der Waals surface area contributed by atoms with Crippen LogP contribution in [0.15, 0.2) is 29.0 Å². The molecule has 6 heteroatoms. The minimum absolute atomic E-state index is 0.386. The van der Waals surface area contributed by atoms with Gasteiger partial charge in [0.2, 0.25) is 0 Å². The zero-order valence-corrected chi connectivity index (χ0v) is 11.6. The molecule has 0 unspecified atom stereocenters.